The van der Waals surface area contributed by atoms with Crippen molar-refractivity contribution < 1.29 is 9.53 Å². The molecule has 94 valence electrons. The number of ether oxygens (including phenoxy) is 1. The standard InChI is InChI=1S/C13H15N3O2/c1-7-3-4-9-6-10(12(17)16-13(14)15)8(2)18-11(9)5-7/h3-6,8H,1-2H3,(H4,14,15,16,17). The summed E-state index contributed by atoms with van der Waals surface area (Å²) >= 11 is 0. The van der Waals surface area contributed by atoms with Gasteiger partial charge in [-0.3, -0.25) is 4.79 Å². The van der Waals surface area contributed by atoms with Crippen LogP contribution in [0.1, 0.15) is 18.1 Å². The second-order valence-corrected chi connectivity index (χ2v) is 4.24. The number of aryl methyl sites for hydroxylation is 1. The van der Waals surface area contributed by atoms with Gasteiger partial charge in [0.15, 0.2) is 5.96 Å². The molecule has 4 N–H and O–H groups in total. The molecule has 0 saturated heterocycles. The highest BCUT2D eigenvalue weighted by Gasteiger charge is 2.24. The predicted molar refractivity (Wildman–Crippen MR) is 70.1 cm³/mol. The molecule has 1 atom stereocenters. The Morgan fingerprint density at radius 1 is 1.39 bits per heavy atom. The fraction of sp³-hybridized carbons (Fsp3) is 0.231. The third-order valence-corrected chi connectivity index (χ3v) is 2.70. The van der Waals surface area contributed by atoms with Crippen LogP contribution in [0, 0.1) is 6.92 Å². The molecule has 0 fully saturated rings. The highest BCUT2D eigenvalue weighted by Crippen LogP contribution is 2.30. The van der Waals surface area contributed by atoms with Gasteiger partial charge in [-0.15, -0.1) is 0 Å². The number of amides is 1. The van der Waals surface area contributed by atoms with Gasteiger partial charge in [-0.25, -0.2) is 0 Å². The van der Waals surface area contributed by atoms with Gasteiger partial charge >= 0.3 is 0 Å². The second-order valence-electron chi connectivity index (χ2n) is 4.24. The van der Waals surface area contributed by atoms with E-state index in [1.54, 1.807) is 13.0 Å². The fourth-order valence-electron chi connectivity index (χ4n) is 1.82. The molecule has 18 heavy (non-hydrogen) atoms. The number of fused-ring (bicyclic) bond motifs is 1. The Labute approximate surface area is 105 Å². The number of rotatable bonds is 1. The quantitative estimate of drug-likeness (QED) is 0.569. The highest BCUT2D eigenvalue weighted by molar-refractivity contribution is 6.05. The van der Waals surface area contributed by atoms with Crippen molar-refractivity contribution in [2.75, 3.05) is 0 Å². The molecule has 1 unspecified atom stereocenters. The van der Waals surface area contributed by atoms with Gasteiger partial charge in [-0.2, -0.15) is 4.99 Å². The molecule has 1 amide bonds. The molecule has 1 aromatic rings. The van der Waals surface area contributed by atoms with E-state index in [1.165, 1.54) is 0 Å². The molecule has 1 heterocycles. The minimum Gasteiger partial charge on any atom is -0.485 e. The van der Waals surface area contributed by atoms with Crippen LogP contribution in [0.4, 0.5) is 0 Å². The largest absolute Gasteiger partial charge is 0.485 e. The topological polar surface area (TPSA) is 90.7 Å². The average molecular weight is 245 g/mol. The maximum atomic E-state index is 11.8. The smallest absolute Gasteiger partial charge is 0.279 e. The third-order valence-electron chi connectivity index (χ3n) is 2.70. The Morgan fingerprint density at radius 2 is 2.11 bits per heavy atom. The molecule has 5 nitrogen and oxygen atoms in total. The Balaban J connectivity index is 2.41. The summed E-state index contributed by atoms with van der Waals surface area (Å²) in [6, 6.07) is 5.79. The Kier molecular flexibility index (Phi) is 3.06. The summed E-state index contributed by atoms with van der Waals surface area (Å²) in [6.07, 6.45) is 1.40. The van der Waals surface area contributed by atoms with Crippen LogP contribution in [-0.2, 0) is 4.79 Å². The zero-order valence-corrected chi connectivity index (χ0v) is 10.3. The summed E-state index contributed by atoms with van der Waals surface area (Å²) in [5.41, 5.74) is 12.8. The van der Waals surface area contributed by atoms with Gasteiger partial charge in [0.2, 0.25) is 0 Å². The molecule has 1 aromatic carbocycles. The maximum absolute atomic E-state index is 11.8. The molecular weight excluding hydrogens is 230 g/mol. The van der Waals surface area contributed by atoms with Gasteiger partial charge in [0.05, 0.1) is 5.57 Å². The summed E-state index contributed by atoms with van der Waals surface area (Å²) in [6.45, 7) is 3.77. The van der Waals surface area contributed by atoms with Crippen LogP contribution in [0.2, 0.25) is 0 Å². The molecule has 0 bridgehead atoms. The van der Waals surface area contributed by atoms with Crippen molar-refractivity contribution in [3.8, 4) is 5.75 Å². The van der Waals surface area contributed by atoms with Crippen molar-refractivity contribution >= 4 is 17.9 Å². The van der Waals surface area contributed by atoms with E-state index in [2.05, 4.69) is 4.99 Å². The number of hydrogen-bond donors (Lipinski definition) is 2. The van der Waals surface area contributed by atoms with E-state index < -0.39 is 5.91 Å². The first-order valence-corrected chi connectivity index (χ1v) is 5.60. The van der Waals surface area contributed by atoms with E-state index >= 15 is 0 Å². The van der Waals surface area contributed by atoms with E-state index in [1.807, 2.05) is 25.1 Å². The summed E-state index contributed by atoms with van der Waals surface area (Å²) in [5.74, 6) is 0.0558. The van der Waals surface area contributed by atoms with Crippen molar-refractivity contribution in [3.63, 3.8) is 0 Å². The lowest BCUT2D eigenvalue weighted by atomic mass is 10.0. The Hall–Kier alpha value is -2.30. The van der Waals surface area contributed by atoms with Crippen LogP contribution in [-0.4, -0.2) is 18.0 Å². The van der Waals surface area contributed by atoms with Crippen molar-refractivity contribution in [2.45, 2.75) is 20.0 Å². The van der Waals surface area contributed by atoms with Crippen LogP contribution in [0.3, 0.4) is 0 Å². The maximum Gasteiger partial charge on any atom is 0.279 e. The zero-order chi connectivity index (χ0) is 13.3. The van der Waals surface area contributed by atoms with E-state index in [4.69, 9.17) is 16.2 Å². The number of aliphatic imine (C=N–C) groups is 1. The summed E-state index contributed by atoms with van der Waals surface area (Å²) in [7, 11) is 0. The first-order chi connectivity index (χ1) is 8.47. The molecule has 0 saturated carbocycles. The van der Waals surface area contributed by atoms with Gasteiger partial charge in [-0.1, -0.05) is 12.1 Å². The first kappa shape index (κ1) is 12.2. The van der Waals surface area contributed by atoms with Gasteiger partial charge in [0, 0.05) is 5.56 Å². The van der Waals surface area contributed by atoms with E-state index in [9.17, 15) is 4.79 Å². The molecule has 0 spiro atoms. The number of hydrogen-bond acceptors (Lipinski definition) is 2. The molecular formula is C13H15N3O2. The van der Waals surface area contributed by atoms with E-state index in [0.717, 1.165) is 16.9 Å². The minimum absolute atomic E-state index is 0.247. The van der Waals surface area contributed by atoms with Gasteiger partial charge < -0.3 is 16.2 Å². The molecule has 1 aliphatic heterocycles. The number of carbonyl (C=O) groups is 1. The summed E-state index contributed by atoms with van der Waals surface area (Å²) < 4.78 is 5.69. The minimum atomic E-state index is -0.464. The summed E-state index contributed by atoms with van der Waals surface area (Å²) in [5, 5.41) is 0. The van der Waals surface area contributed by atoms with Crippen molar-refractivity contribution in [1.29, 1.82) is 0 Å². The number of carbonyl (C=O) groups excluding carboxylic acids is 1. The SMILES string of the molecule is Cc1ccc2c(c1)OC(C)C(C(=O)N=C(N)N)=C2. The fourth-order valence-corrected chi connectivity index (χ4v) is 1.82. The van der Waals surface area contributed by atoms with Gasteiger partial charge in [0.25, 0.3) is 5.91 Å². The highest BCUT2D eigenvalue weighted by atomic mass is 16.5. The van der Waals surface area contributed by atoms with Crippen molar-refractivity contribution in [3.05, 3.63) is 34.9 Å². The van der Waals surface area contributed by atoms with Crippen molar-refractivity contribution in [1.82, 2.24) is 0 Å². The number of guanidine groups is 1. The number of nitrogens with zero attached hydrogens (tertiary/aromatic N) is 1. The number of benzene rings is 1. The van der Waals surface area contributed by atoms with Crippen LogP contribution in [0.25, 0.3) is 6.08 Å². The lowest BCUT2D eigenvalue weighted by Gasteiger charge is -2.23. The molecule has 0 aliphatic carbocycles. The second kappa shape index (κ2) is 4.52. The van der Waals surface area contributed by atoms with E-state index in [0.29, 0.717) is 5.57 Å². The predicted octanol–water partition coefficient (Wildman–Crippen LogP) is 0.959. The van der Waals surface area contributed by atoms with Crippen molar-refractivity contribution in [2.24, 2.45) is 16.5 Å². The van der Waals surface area contributed by atoms with Crippen LogP contribution < -0.4 is 16.2 Å². The lowest BCUT2D eigenvalue weighted by molar-refractivity contribution is -0.115. The van der Waals surface area contributed by atoms with Gasteiger partial charge in [0.1, 0.15) is 11.9 Å². The zero-order valence-electron chi connectivity index (χ0n) is 10.3. The average Bonchev–Trinajstić information content (AvgIpc) is 2.26. The molecule has 0 aromatic heterocycles. The Morgan fingerprint density at radius 3 is 2.78 bits per heavy atom. The molecule has 0 radical (unpaired) electrons. The monoisotopic (exact) mass is 245 g/mol. The lowest BCUT2D eigenvalue weighted by Crippen LogP contribution is -2.28. The van der Waals surface area contributed by atoms with Crippen LogP contribution in [0.15, 0.2) is 28.8 Å². The molecule has 1 aliphatic rings. The van der Waals surface area contributed by atoms with Crippen LogP contribution in [0.5, 0.6) is 5.75 Å². The molecule has 2 rings (SSSR count). The Bertz CT molecular complexity index is 557. The number of nitrogens with two attached hydrogens (primary N) is 2. The molecule has 5 heteroatoms. The van der Waals surface area contributed by atoms with E-state index in [-0.39, 0.29) is 12.1 Å². The van der Waals surface area contributed by atoms with Crippen LogP contribution >= 0.6 is 0 Å². The first-order valence-electron chi connectivity index (χ1n) is 5.60. The third kappa shape index (κ3) is 2.34. The normalized spacial score (nSPS) is 17.2. The summed E-state index contributed by atoms with van der Waals surface area (Å²) in [4.78, 5) is 15.3. The van der Waals surface area contributed by atoms with Gasteiger partial charge in [-0.05, 0) is 31.6 Å².